The van der Waals surface area contributed by atoms with E-state index in [9.17, 15) is 5.11 Å². The monoisotopic (exact) mass is 183 g/mol. The maximum Gasteiger partial charge on any atom is 0.0746 e. The number of nitrogens with zero attached hydrogens (tertiary/aromatic N) is 1. The maximum absolute atomic E-state index is 9.86. The molecule has 0 aromatic rings. The lowest BCUT2D eigenvalue weighted by Crippen LogP contribution is -2.46. The van der Waals surface area contributed by atoms with Gasteiger partial charge in [-0.05, 0) is 32.7 Å². The highest BCUT2D eigenvalue weighted by molar-refractivity contribution is 4.98. The minimum Gasteiger partial charge on any atom is -0.389 e. The summed E-state index contributed by atoms with van der Waals surface area (Å²) in [5, 5.41) is 9.86. The first-order valence-electron chi connectivity index (χ1n) is 5.15. The first-order valence-corrected chi connectivity index (χ1v) is 5.15. The van der Waals surface area contributed by atoms with Crippen molar-refractivity contribution in [3.8, 4) is 0 Å². The molecule has 1 aliphatic heterocycles. The second kappa shape index (κ2) is 4.25. The third-order valence-corrected chi connectivity index (χ3v) is 2.70. The summed E-state index contributed by atoms with van der Waals surface area (Å²) in [6.07, 6.45) is 3.07. The van der Waals surface area contributed by atoms with Gasteiger partial charge in [0.25, 0.3) is 0 Å². The summed E-state index contributed by atoms with van der Waals surface area (Å²) in [6.45, 7) is 10.9. The minimum atomic E-state index is -0.480. The van der Waals surface area contributed by atoms with Gasteiger partial charge in [0, 0.05) is 13.1 Å². The van der Waals surface area contributed by atoms with E-state index in [2.05, 4.69) is 18.4 Å². The standard InChI is InChI=1S/C11H21NO/c1-4-10(2)8-12-7-5-6-11(3,13)9-12/h13H,2,4-9H2,1,3H3. The van der Waals surface area contributed by atoms with Crippen LogP contribution in [0.5, 0.6) is 0 Å². The molecule has 2 nitrogen and oxygen atoms in total. The summed E-state index contributed by atoms with van der Waals surface area (Å²) >= 11 is 0. The molecule has 1 heterocycles. The Labute approximate surface area is 81.2 Å². The lowest BCUT2D eigenvalue weighted by molar-refractivity contribution is -0.0125. The van der Waals surface area contributed by atoms with Crippen molar-refractivity contribution in [2.45, 2.75) is 38.7 Å². The normalized spacial score (nSPS) is 30.4. The summed E-state index contributed by atoms with van der Waals surface area (Å²) < 4.78 is 0. The third kappa shape index (κ3) is 3.49. The molecule has 1 unspecified atom stereocenters. The fraction of sp³-hybridized carbons (Fsp3) is 0.818. The number of aliphatic hydroxyl groups is 1. The second-order valence-electron chi connectivity index (χ2n) is 4.41. The fourth-order valence-corrected chi connectivity index (χ4v) is 1.89. The van der Waals surface area contributed by atoms with E-state index in [1.807, 2.05) is 6.92 Å². The van der Waals surface area contributed by atoms with Crippen LogP contribution in [0.1, 0.15) is 33.1 Å². The Hall–Kier alpha value is -0.340. The largest absolute Gasteiger partial charge is 0.389 e. The average Bonchev–Trinajstić information content (AvgIpc) is 2.02. The molecule has 0 radical (unpaired) electrons. The van der Waals surface area contributed by atoms with Crippen LogP contribution in [0.25, 0.3) is 0 Å². The first-order chi connectivity index (χ1) is 6.03. The molecule has 1 aliphatic rings. The van der Waals surface area contributed by atoms with Crippen LogP contribution in [0, 0.1) is 0 Å². The quantitative estimate of drug-likeness (QED) is 0.674. The SMILES string of the molecule is C=C(CC)CN1CCCC(C)(O)C1. The van der Waals surface area contributed by atoms with Gasteiger partial charge in [-0.3, -0.25) is 4.90 Å². The van der Waals surface area contributed by atoms with Crippen molar-refractivity contribution >= 4 is 0 Å². The Morgan fingerprint density at radius 3 is 2.85 bits per heavy atom. The Morgan fingerprint density at radius 1 is 1.62 bits per heavy atom. The third-order valence-electron chi connectivity index (χ3n) is 2.70. The minimum absolute atomic E-state index is 0.480. The van der Waals surface area contributed by atoms with Gasteiger partial charge < -0.3 is 5.11 Å². The highest BCUT2D eigenvalue weighted by atomic mass is 16.3. The van der Waals surface area contributed by atoms with Crippen molar-refractivity contribution < 1.29 is 5.11 Å². The molecular formula is C11H21NO. The molecule has 1 saturated heterocycles. The highest BCUT2D eigenvalue weighted by Gasteiger charge is 2.27. The number of rotatable bonds is 3. The zero-order valence-corrected chi connectivity index (χ0v) is 8.84. The predicted octanol–water partition coefficient (Wildman–Crippen LogP) is 1.80. The van der Waals surface area contributed by atoms with Gasteiger partial charge in [0.1, 0.15) is 0 Å². The van der Waals surface area contributed by atoms with Crippen LogP contribution in [0.2, 0.25) is 0 Å². The van der Waals surface area contributed by atoms with Crippen molar-refractivity contribution in [3.63, 3.8) is 0 Å². The van der Waals surface area contributed by atoms with Gasteiger partial charge in [-0.1, -0.05) is 19.1 Å². The van der Waals surface area contributed by atoms with Crippen molar-refractivity contribution in [2.75, 3.05) is 19.6 Å². The number of hydrogen-bond donors (Lipinski definition) is 1. The molecule has 0 saturated carbocycles. The van der Waals surface area contributed by atoms with E-state index in [1.54, 1.807) is 0 Å². The van der Waals surface area contributed by atoms with Crippen molar-refractivity contribution in [3.05, 3.63) is 12.2 Å². The van der Waals surface area contributed by atoms with Gasteiger partial charge in [-0.25, -0.2) is 0 Å². The summed E-state index contributed by atoms with van der Waals surface area (Å²) in [5.74, 6) is 0. The molecule has 0 spiro atoms. The van der Waals surface area contributed by atoms with Crippen LogP contribution in [0.4, 0.5) is 0 Å². The molecule has 2 heteroatoms. The van der Waals surface area contributed by atoms with Crippen LogP contribution >= 0.6 is 0 Å². The molecule has 0 aromatic carbocycles. The van der Waals surface area contributed by atoms with E-state index >= 15 is 0 Å². The Morgan fingerprint density at radius 2 is 2.31 bits per heavy atom. The van der Waals surface area contributed by atoms with Crippen molar-refractivity contribution in [1.82, 2.24) is 4.90 Å². The topological polar surface area (TPSA) is 23.5 Å². The van der Waals surface area contributed by atoms with Gasteiger partial charge in [-0.2, -0.15) is 0 Å². The smallest absolute Gasteiger partial charge is 0.0746 e. The van der Waals surface area contributed by atoms with Crippen molar-refractivity contribution in [2.24, 2.45) is 0 Å². The lowest BCUT2D eigenvalue weighted by atomic mass is 9.95. The van der Waals surface area contributed by atoms with Crippen LogP contribution < -0.4 is 0 Å². The van der Waals surface area contributed by atoms with Gasteiger partial charge in [0.15, 0.2) is 0 Å². The highest BCUT2D eigenvalue weighted by Crippen LogP contribution is 2.20. The summed E-state index contributed by atoms with van der Waals surface area (Å²) in [5.41, 5.74) is 0.782. The van der Waals surface area contributed by atoms with Gasteiger partial charge >= 0.3 is 0 Å². The van der Waals surface area contributed by atoms with Crippen LogP contribution in [0.3, 0.4) is 0 Å². The number of likely N-dealkylation sites (tertiary alicyclic amines) is 1. The van der Waals surface area contributed by atoms with Crippen LogP contribution in [-0.4, -0.2) is 35.2 Å². The molecule has 1 atom stereocenters. The molecule has 0 amide bonds. The van der Waals surface area contributed by atoms with Crippen LogP contribution in [-0.2, 0) is 0 Å². The van der Waals surface area contributed by atoms with Crippen LogP contribution in [0.15, 0.2) is 12.2 Å². The summed E-state index contributed by atoms with van der Waals surface area (Å²) in [6, 6.07) is 0. The molecular weight excluding hydrogens is 162 g/mol. The van der Waals surface area contributed by atoms with E-state index in [1.165, 1.54) is 5.57 Å². The Kier molecular flexibility index (Phi) is 3.51. The molecule has 13 heavy (non-hydrogen) atoms. The first kappa shape index (κ1) is 10.7. The zero-order chi connectivity index (χ0) is 9.90. The molecule has 76 valence electrons. The van der Waals surface area contributed by atoms with Gasteiger partial charge in [-0.15, -0.1) is 0 Å². The van der Waals surface area contributed by atoms with E-state index in [0.29, 0.717) is 0 Å². The second-order valence-corrected chi connectivity index (χ2v) is 4.41. The predicted molar refractivity (Wildman–Crippen MR) is 55.7 cm³/mol. The number of piperidine rings is 1. The molecule has 0 aromatic heterocycles. The maximum atomic E-state index is 9.86. The fourth-order valence-electron chi connectivity index (χ4n) is 1.89. The van der Waals surface area contributed by atoms with Gasteiger partial charge in [0.05, 0.1) is 5.60 Å². The summed E-state index contributed by atoms with van der Waals surface area (Å²) in [7, 11) is 0. The van der Waals surface area contributed by atoms with E-state index in [-0.39, 0.29) is 0 Å². The molecule has 1 fully saturated rings. The number of hydrogen-bond acceptors (Lipinski definition) is 2. The van der Waals surface area contributed by atoms with Crippen molar-refractivity contribution in [1.29, 1.82) is 0 Å². The zero-order valence-electron chi connectivity index (χ0n) is 8.84. The molecule has 1 N–H and O–H groups in total. The number of β-amino-alcohol motifs (C(OH)–C–C–N with tert-alkyl or cyclic N) is 1. The van der Waals surface area contributed by atoms with E-state index in [0.717, 1.165) is 38.9 Å². The Bertz CT molecular complexity index is 187. The molecule has 1 rings (SSSR count). The molecule has 0 aliphatic carbocycles. The Balaban J connectivity index is 2.39. The lowest BCUT2D eigenvalue weighted by Gasteiger charge is -2.37. The van der Waals surface area contributed by atoms with E-state index < -0.39 is 5.60 Å². The van der Waals surface area contributed by atoms with E-state index in [4.69, 9.17) is 0 Å². The van der Waals surface area contributed by atoms with Gasteiger partial charge in [0.2, 0.25) is 0 Å². The average molecular weight is 183 g/mol. The summed E-state index contributed by atoms with van der Waals surface area (Å²) in [4.78, 5) is 2.30. The molecule has 0 bridgehead atoms.